The zero-order valence-corrected chi connectivity index (χ0v) is 12.8. The predicted molar refractivity (Wildman–Crippen MR) is 83.1 cm³/mol. The van der Waals surface area contributed by atoms with Crippen LogP contribution in [0.1, 0.15) is 18.9 Å². The number of hydrogen-bond acceptors (Lipinski definition) is 4. The van der Waals surface area contributed by atoms with E-state index in [1.54, 1.807) is 7.11 Å². The first-order chi connectivity index (χ1) is 9.38. The van der Waals surface area contributed by atoms with Crippen LogP contribution in [-0.4, -0.2) is 38.4 Å². The molecule has 0 atom stereocenters. The van der Waals surface area contributed by atoms with E-state index in [4.69, 9.17) is 9.47 Å². The van der Waals surface area contributed by atoms with Gasteiger partial charge in [0.05, 0.1) is 13.2 Å². The summed E-state index contributed by atoms with van der Waals surface area (Å²) < 4.78 is 10.9. The van der Waals surface area contributed by atoms with Gasteiger partial charge in [0.15, 0.2) is 0 Å². The number of nitrogens with one attached hydrogen (secondary N) is 1. The highest BCUT2D eigenvalue weighted by atomic mass is 32.2. The van der Waals surface area contributed by atoms with Crippen molar-refractivity contribution in [3.05, 3.63) is 29.8 Å². The van der Waals surface area contributed by atoms with Crippen molar-refractivity contribution in [3.63, 3.8) is 0 Å². The molecule has 0 fully saturated rings. The Bertz CT molecular complexity index is 334. The third-order valence-electron chi connectivity index (χ3n) is 2.67. The molecule has 0 saturated carbocycles. The molecule has 0 aromatic heterocycles. The highest BCUT2D eigenvalue weighted by molar-refractivity contribution is 7.99. The fourth-order valence-electron chi connectivity index (χ4n) is 1.68. The maximum Gasteiger partial charge on any atom is 0.123 e. The molecule has 0 heterocycles. The van der Waals surface area contributed by atoms with Crippen LogP contribution >= 0.6 is 11.8 Å². The summed E-state index contributed by atoms with van der Waals surface area (Å²) in [5.41, 5.74) is 1.21. The summed E-state index contributed by atoms with van der Waals surface area (Å²) in [5.74, 6) is 3.35. The standard InChI is InChI=1S/C15H25NO2S/c1-3-19-12-6-10-18-15-8-5-4-7-14(15)13-16-9-11-17-2/h4-5,7-8,16H,3,6,9-13H2,1-2H3. The molecular formula is C15H25NO2S. The fourth-order valence-corrected chi connectivity index (χ4v) is 2.29. The number of thioether (sulfide) groups is 1. The Kier molecular flexibility index (Phi) is 9.59. The lowest BCUT2D eigenvalue weighted by atomic mass is 10.2. The molecule has 0 unspecified atom stereocenters. The Morgan fingerprint density at radius 1 is 1.21 bits per heavy atom. The summed E-state index contributed by atoms with van der Waals surface area (Å²) in [7, 11) is 1.72. The monoisotopic (exact) mass is 283 g/mol. The van der Waals surface area contributed by atoms with Crippen molar-refractivity contribution in [2.24, 2.45) is 0 Å². The molecule has 0 saturated heterocycles. The third kappa shape index (κ3) is 7.45. The topological polar surface area (TPSA) is 30.5 Å². The van der Waals surface area contributed by atoms with Gasteiger partial charge < -0.3 is 14.8 Å². The van der Waals surface area contributed by atoms with E-state index in [0.29, 0.717) is 0 Å². The van der Waals surface area contributed by atoms with Crippen LogP contribution in [-0.2, 0) is 11.3 Å². The quantitative estimate of drug-likeness (QED) is 0.633. The van der Waals surface area contributed by atoms with Gasteiger partial charge in [0.1, 0.15) is 5.75 Å². The molecule has 0 amide bonds. The molecule has 0 aliphatic heterocycles. The minimum absolute atomic E-state index is 0.733. The lowest BCUT2D eigenvalue weighted by Gasteiger charge is -2.12. The minimum atomic E-state index is 0.733. The van der Waals surface area contributed by atoms with Crippen molar-refractivity contribution in [3.8, 4) is 5.75 Å². The van der Waals surface area contributed by atoms with E-state index in [-0.39, 0.29) is 0 Å². The predicted octanol–water partition coefficient (Wildman–Crippen LogP) is 2.94. The van der Waals surface area contributed by atoms with Crippen molar-refractivity contribution in [2.75, 3.05) is 38.4 Å². The van der Waals surface area contributed by atoms with Crippen LogP contribution in [0.2, 0.25) is 0 Å². The second-order valence-electron chi connectivity index (χ2n) is 4.18. The number of rotatable bonds is 11. The van der Waals surface area contributed by atoms with Crippen molar-refractivity contribution in [1.29, 1.82) is 0 Å². The highest BCUT2D eigenvalue weighted by Gasteiger charge is 2.02. The zero-order chi connectivity index (χ0) is 13.8. The molecule has 4 heteroatoms. The molecule has 19 heavy (non-hydrogen) atoms. The smallest absolute Gasteiger partial charge is 0.123 e. The third-order valence-corrected chi connectivity index (χ3v) is 3.65. The Morgan fingerprint density at radius 2 is 2.05 bits per heavy atom. The van der Waals surface area contributed by atoms with Gasteiger partial charge >= 0.3 is 0 Å². The van der Waals surface area contributed by atoms with Gasteiger partial charge in [0.25, 0.3) is 0 Å². The maximum absolute atomic E-state index is 5.86. The van der Waals surface area contributed by atoms with Gasteiger partial charge in [0.2, 0.25) is 0 Å². The normalized spacial score (nSPS) is 10.6. The maximum atomic E-state index is 5.86. The second-order valence-corrected chi connectivity index (χ2v) is 5.57. The van der Waals surface area contributed by atoms with Gasteiger partial charge in [-0.15, -0.1) is 0 Å². The van der Waals surface area contributed by atoms with Crippen LogP contribution in [0.4, 0.5) is 0 Å². The largest absolute Gasteiger partial charge is 0.493 e. The van der Waals surface area contributed by atoms with Gasteiger partial charge in [-0.2, -0.15) is 11.8 Å². The van der Waals surface area contributed by atoms with Gasteiger partial charge in [-0.1, -0.05) is 25.1 Å². The van der Waals surface area contributed by atoms with Crippen LogP contribution < -0.4 is 10.1 Å². The van der Waals surface area contributed by atoms with Gasteiger partial charge in [-0.05, 0) is 24.0 Å². The first-order valence-corrected chi connectivity index (χ1v) is 8.02. The van der Waals surface area contributed by atoms with Gasteiger partial charge in [0, 0.05) is 25.8 Å². The Labute approximate surface area is 121 Å². The van der Waals surface area contributed by atoms with E-state index in [2.05, 4.69) is 18.3 Å². The fraction of sp³-hybridized carbons (Fsp3) is 0.600. The molecule has 0 spiro atoms. The molecule has 0 aliphatic rings. The first-order valence-electron chi connectivity index (χ1n) is 6.86. The average molecular weight is 283 g/mol. The summed E-state index contributed by atoms with van der Waals surface area (Å²) in [6.07, 6.45) is 1.10. The van der Waals surface area contributed by atoms with Crippen molar-refractivity contribution >= 4 is 11.8 Å². The van der Waals surface area contributed by atoms with Crippen molar-refractivity contribution in [2.45, 2.75) is 19.9 Å². The van der Waals surface area contributed by atoms with E-state index in [0.717, 1.165) is 38.5 Å². The number of para-hydroxylation sites is 1. The van der Waals surface area contributed by atoms with Crippen molar-refractivity contribution in [1.82, 2.24) is 5.32 Å². The van der Waals surface area contributed by atoms with Crippen molar-refractivity contribution < 1.29 is 9.47 Å². The Hall–Kier alpha value is -0.710. The van der Waals surface area contributed by atoms with Crippen LogP contribution in [0, 0.1) is 0 Å². The number of hydrogen-bond donors (Lipinski definition) is 1. The second kappa shape index (κ2) is 11.1. The van der Waals surface area contributed by atoms with Crippen LogP contribution in [0.25, 0.3) is 0 Å². The average Bonchev–Trinajstić information content (AvgIpc) is 2.45. The molecule has 1 aromatic carbocycles. The van der Waals surface area contributed by atoms with Crippen LogP contribution in [0.3, 0.4) is 0 Å². The van der Waals surface area contributed by atoms with E-state index in [1.807, 2.05) is 30.0 Å². The molecule has 1 aromatic rings. The van der Waals surface area contributed by atoms with Crippen LogP contribution in [0.15, 0.2) is 24.3 Å². The Balaban J connectivity index is 2.31. The summed E-state index contributed by atoms with van der Waals surface area (Å²) in [6.45, 7) is 5.40. The van der Waals surface area contributed by atoms with E-state index >= 15 is 0 Å². The SMILES string of the molecule is CCSCCCOc1ccccc1CNCCOC. The molecular weight excluding hydrogens is 258 g/mol. The lowest BCUT2D eigenvalue weighted by Crippen LogP contribution is -2.19. The van der Waals surface area contributed by atoms with Gasteiger partial charge in [-0.3, -0.25) is 0 Å². The molecule has 1 N–H and O–H groups in total. The number of ether oxygens (including phenoxy) is 2. The molecule has 3 nitrogen and oxygen atoms in total. The summed E-state index contributed by atoms with van der Waals surface area (Å²) >= 11 is 1.96. The lowest BCUT2D eigenvalue weighted by molar-refractivity contribution is 0.199. The molecule has 1 rings (SSSR count). The molecule has 0 bridgehead atoms. The number of methoxy groups -OCH3 is 1. The molecule has 108 valence electrons. The Morgan fingerprint density at radius 3 is 2.84 bits per heavy atom. The molecule has 0 aliphatic carbocycles. The van der Waals surface area contributed by atoms with E-state index in [1.165, 1.54) is 17.1 Å². The first kappa shape index (κ1) is 16.3. The van der Waals surface area contributed by atoms with E-state index < -0.39 is 0 Å². The zero-order valence-electron chi connectivity index (χ0n) is 12.0. The summed E-state index contributed by atoms with van der Waals surface area (Å²) in [6, 6.07) is 8.22. The molecule has 0 radical (unpaired) electrons. The summed E-state index contributed by atoms with van der Waals surface area (Å²) in [5, 5.41) is 3.34. The van der Waals surface area contributed by atoms with Gasteiger partial charge in [-0.25, -0.2) is 0 Å². The minimum Gasteiger partial charge on any atom is -0.493 e. The van der Waals surface area contributed by atoms with E-state index in [9.17, 15) is 0 Å². The number of benzene rings is 1. The summed E-state index contributed by atoms with van der Waals surface area (Å²) in [4.78, 5) is 0. The van der Waals surface area contributed by atoms with Crippen LogP contribution in [0.5, 0.6) is 5.75 Å². The highest BCUT2D eigenvalue weighted by Crippen LogP contribution is 2.18.